The molecule has 0 rings (SSSR count). The van der Waals surface area contributed by atoms with E-state index in [1.165, 1.54) is 0 Å². The van der Waals surface area contributed by atoms with Crippen molar-refractivity contribution in [2.45, 2.75) is 0 Å². The Balaban J connectivity index is -0.0000000196. The Hall–Kier alpha value is -0.740. The molecule has 0 amide bonds. The molecule has 0 aromatic rings. The summed E-state index contributed by atoms with van der Waals surface area (Å²) < 4.78 is 17.5. The molecule has 4 N–H and O–H groups in total. The quantitative estimate of drug-likeness (QED) is 0.397. The summed E-state index contributed by atoms with van der Waals surface area (Å²) >= 11 is 0. The fourth-order valence-electron chi connectivity index (χ4n) is 0. The van der Waals surface area contributed by atoms with Crippen molar-refractivity contribution in [3.05, 3.63) is 52.6 Å². The first kappa shape index (κ1) is 36.2. The van der Waals surface area contributed by atoms with Crippen LogP contribution in [-0.4, -0.2) is 19.6 Å². The fraction of sp³-hybridized carbons (Fsp3) is 0. The SMILES string of the molecule is C=C.C=C.C=C.C=C.O=[PH](O)O.O=[PH](O)O. The Morgan fingerprint density at radius 1 is 0.500 bits per heavy atom. The topological polar surface area (TPSA) is 115 Å². The molecule has 0 radical (unpaired) electrons. The molecular weight excluding hydrogens is 254 g/mol. The number of hydrogen-bond acceptors (Lipinski definition) is 2. The molecule has 0 aliphatic carbocycles. The van der Waals surface area contributed by atoms with Crippen LogP contribution < -0.4 is 0 Å². The maximum Gasteiger partial charge on any atom is 0.314 e. The van der Waals surface area contributed by atoms with E-state index in [9.17, 15) is 0 Å². The molecule has 0 aliphatic rings. The van der Waals surface area contributed by atoms with Crippen LogP contribution in [0.1, 0.15) is 0 Å². The van der Waals surface area contributed by atoms with E-state index in [4.69, 9.17) is 28.7 Å². The molecule has 0 aromatic carbocycles. The van der Waals surface area contributed by atoms with Gasteiger partial charge in [-0.15, -0.1) is 52.6 Å². The molecule has 6 nitrogen and oxygen atoms in total. The van der Waals surface area contributed by atoms with E-state index in [0.717, 1.165) is 0 Å². The Morgan fingerprint density at radius 3 is 0.500 bits per heavy atom. The first-order chi connectivity index (χ1) is 7.46. The van der Waals surface area contributed by atoms with E-state index in [1.54, 1.807) is 0 Å². The van der Waals surface area contributed by atoms with Gasteiger partial charge in [0.1, 0.15) is 0 Å². The van der Waals surface area contributed by atoms with Crippen molar-refractivity contribution in [1.82, 2.24) is 0 Å². The third-order valence-electron chi connectivity index (χ3n) is 0. The van der Waals surface area contributed by atoms with Crippen LogP contribution in [-0.2, 0) is 9.13 Å². The van der Waals surface area contributed by atoms with Crippen LogP contribution in [0.4, 0.5) is 0 Å². The van der Waals surface area contributed by atoms with E-state index in [1.807, 2.05) is 0 Å². The zero-order chi connectivity index (χ0) is 15.2. The van der Waals surface area contributed by atoms with Crippen LogP contribution in [0.3, 0.4) is 0 Å². The summed E-state index contributed by atoms with van der Waals surface area (Å²) in [6.45, 7) is 24.0. The van der Waals surface area contributed by atoms with Crippen molar-refractivity contribution in [3.8, 4) is 0 Å². The predicted molar refractivity (Wildman–Crippen MR) is 71.9 cm³/mol. The Morgan fingerprint density at radius 2 is 0.500 bits per heavy atom. The molecule has 100 valence electrons. The molecule has 0 bridgehead atoms. The highest BCUT2D eigenvalue weighted by Gasteiger charge is 1.62. The van der Waals surface area contributed by atoms with Crippen LogP contribution in [0, 0.1) is 0 Å². The molecule has 0 aliphatic heterocycles. The summed E-state index contributed by atoms with van der Waals surface area (Å²) in [7, 11) is -6.26. The van der Waals surface area contributed by atoms with Crippen molar-refractivity contribution in [2.24, 2.45) is 0 Å². The van der Waals surface area contributed by atoms with Gasteiger partial charge in [-0.25, -0.2) is 0 Å². The van der Waals surface area contributed by atoms with Gasteiger partial charge in [0, 0.05) is 0 Å². The standard InChI is InChI=1S/4C2H4.2H3O3P/c4*1-2;2*1-4(2)3/h4*1-2H2;2*4H,(H2,1,2,3). The van der Waals surface area contributed by atoms with Crippen molar-refractivity contribution >= 4 is 16.5 Å². The highest BCUT2D eigenvalue weighted by atomic mass is 31.1. The fourth-order valence-corrected chi connectivity index (χ4v) is 0. The molecule has 0 unspecified atom stereocenters. The van der Waals surface area contributed by atoms with Gasteiger partial charge in [0.25, 0.3) is 0 Å². The van der Waals surface area contributed by atoms with E-state index in [-0.39, 0.29) is 0 Å². The monoisotopic (exact) mass is 276 g/mol. The summed E-state index contributed by atoms with van der Waals surface area (Å²) in [5.41, 5.74) is 0. The van der Waals surface area contributed by atoms with Crippen LogP contribution >= 0.6 is 16.5 Å². The van der Waals surface area contributed by atoms with Crippen LogP contribution in [0.5, 0.6) is 0 Å². The summed E-state index contributed by atoms with van der Waals surface area (Å²) in [5, 5.41) is 0. The summed E-state index contributed by atoms with van der Waals surface area (Å²) in [6.07, 6.45) is 0. The zero-order valence-electron chi connectivity index (χ0n) is 9.26. The van der Waals surface area contributed by atoms with Crippen molar-refractivity contribution in [2.75, 3.05) is 0 Å². The van der Waals surface area contributed by atoms with Gasteiger partial charge in [-0.05, 0) is 0 Å². The number of rotatable bonds is 0. The Bertz CT molecular complexity index is 114. The molecular formula is C8H22O6P2. The maximum absolute atomic E-state index is 8.74. The van der Waals surface area contributed by atoms with Gasteiger partial charge in [0.05, 0.1) is 0 Å². The normalized spacial score (nSPS) is 5.38. The Kier molecular flexibility index (Phi) is 205. The third kappa shape index (κ3) is 3640. The molecule has 0 spiro atoms. The van der Waals surface area contributed by atoms with Gasteiger partial charge >= 0.3 is 16.5 Å². The van der Waals surface area contributed by atoms with Crippen LogP contribution in [0.2, 0.25) is 0 Å². The first-order valence-corrected chi connectivity index (χ1v) is 5.91. The lowest BCUT2D eigenvalue weighted by Crippen LogP contribution is -1.38. The first-order valence-electron chi connectivity index (χ1n) is 3.30. The predicted octanol–water partition coefficient (Wildman–Crippen LogP) is 1.93. The second-order valence-electron chi connectivity index (χ2n) is 0.565. The van der Waals surface area contributed by atoms with Gasteiger partial charge in [-0.2, -0.15) is 0 Å². The van der Waals surface area contributed by atoms with Gasteiger partial charge < -0.3 is 19.6 Å². The second-order valence-corrected chi connectivity index (χ2v) is 1.70. The zero-order valence-corrected chi connectivity index (χ0v) is 11.3. The average molecular weight is 276 g/mol. The maximum atomic E-state index is 8.74. The van der Waals surface area contributed by atoms with Crippen LogP contribution in [0.25, 0.3) is 0 Å². The van der Waals surface area contributed by atoms with Gasteiger partial charge in [0.2, 0.25) is 0 Å². The molecule has 8 heteroatoms. The Labute approximate surface area is 98.5 Å². The number of hydrogen-bond donors (Lipinski definition) is 4. The molecule has 0 heterocycles. The van der Waals surface area contributed by atoms with Crippen molar-refractivity contribution in [3.63, 3.8) is 0 Å². The minimum Gasteiger partial charge on any atom is -0.326 e. The molecule has 0 saturated carbocycles. The largest absolute Gasteiger partial charge is 0.326 e. The van der Waals surface area contributed by atoms with E-state index in [0.29, 0.717) is 0 Å². The smallest absolute Gasteiger partial charge is 0.314 e. The minimum absolute atomic E-state index is 3.00. The molecule has 0 aromatic heterocycles. The summed E-state index contributed by atoms with van der Waals surface area (Å²) in [6, 6.07) is 0. The van der Waals surface area contributed by atoms with Gasteiger partial charge in [-0.1, -0.05) is 0 Å². The third-order valence-corrected chi connectivity index (χ3v) is 0. The van der Waals surface area contributed by atoms with Gasteiger partial charge in [0.15, 0.2) is 0 Å². The highest BCUT2D eigenvalue weighted by Crippen LogP contribution is 1.98. The second kappa shape index (κ2) is 90.6. The summed E-state index contributed by atoms with van der Waals surface area (Å²) in [4.78, 5) is 28.6. The molecule has 16 heavy (non-hydrogen) atoms. The lowest BCUT2D eigenvalue weighted by Gasteiger charge is -1.61. The van der Waals surface area contributed by atoms with E-state index >= 15 is 0 Å². The van der Waals surface area contributed by atoms with Gasteiger partial charge in [-0.3, -0.25) is 9.13 Å². The highest BCUT2D eigenvalue weighted by molar-refractivity contribution is 7.31. The van der Waals surface area contributed by atoms with E-state index in [2.05, 4.69) is 52.6 Å². The molecule has 0 fully saturated rings. The lowest BCUT2D eigenvalue weighted by molar-refractivity contribution is 0.403. The van der Waals surface area contributed by atoms with Crippen LogP contribution in [0.15, 0.2) is 52.6 Å². The minimum atomic E-state index is -3.13. The van der Waals surface area contributed by atoms with E-state index < -0.39 is 16.5 Å². The lowest BCUT2D eigenvalue weighted by atomic mass is 11.3. The average Bonchev–Trinajstić information content (AvgIpc) is 2.27. The molecule has 0 saturated heterocycles. The van der Waals surface area contributed by atoms with Crippen molar-refractivity contribution < 1.29 is 28.7 Å². The molecule has 0 atom stereocenters. The van der Waals surface area contributed by atoms with Crippen molar-refractivity contribution in [1.29, 1.82) is 0 Å². The summed E-state index contributed by atoms with van der Waals surface area (Å²) in [5.74, 6) is 0.